The van der Waals surface area contributed by atoms with Gasteiger partial charge in [-0.05, 0) is 24.3 Å². The molecule has 0 unspecified atom stereocenters. The molecule has 4 heteroatoms. The van der Waals surface area contributed by atoms with Gasteiger partial charge in [-0.15, -0.1) is 0 Å². The van der Waals surface area contributed by atoms with Crippen LogP contribution in [0.15, 0.2) is 6.07 Å². The molecule has 0 spiro atoms. The fourth-order valence-corrected chi connectivity index (χ4v) is 4.09. The second-order valence-electron chi connectivity index (χ2n) is 6.23. The van der Waals surface area contributed by atoms with Crippen LogP contribution < -0.4 is 15.2 Å². The van der Waals surface area contributed by atoms with Gasteiger partial charge in [-0.3, -0.25) is 0 Å². The summed E-state index contributed by atoms with van der Waals surface area (Å²) in [5.41, 5.74) is 8.48. The Morgan fingerprint density at radius 3 is 2.29 bits per heavy atom. The van der Waals surface area contributed by atoms with Gasteiger partial charge >= 0.3 is 0 Å². The molecule has 2 rings (SSSR count). The van der Waals surface area contributed by atoms with Crippen molar-refractivity contribution in [3.63, 3.8) is 0 Å². The molecule has 0 atom stereocenters. The topological polar surface area (TPSA) is 44.5 Å². The van der Waals surface area contributed by atoms with Crippen LogP contribution in [0.5, 0.6) is 11.5 Å². The van der Waals surface area contributed by atoms with Crippen LogP contribution in [0.25, 0.3) is 0 Å². The highest BCUT2D eigenvalue weighted by Crippen LogP contribution is 2.51. The van der Waals surface area contributed by atoms with E-state index in [4.69, 9.17) is 26.8 Å². The number of methoxy groups -OCH3 is 2. The van der Waals surface area contributed by atoms with Gasteiger partial charge in [0.2, 0.25) is 0 Å². The summed E-state index contributed by atoms with van der Waals surface area (Å²) in [5.74, 6) is 1.79. The fourth-order valence-electron chi connectivity index (χ4n) is 3.69. The molecule has 1 aromatic carbocycles. The zero-order valence-electron chi connectivity index (χ0n) is 13.5. The molecule has 3 nitrogen and oxygen atoms in total. The van der Waals surface area contributed by atoms with E-state index in [1.54, 1.807) is 14.2 Å². The van der Waals surface area contributed by atoms with E-state index >= 15 is 0 Å². The predicted molar refractivity (Wildman–Crippen MR) is 87.8 cm³/mol. The summed E-state index contributed by atoms with van der Waals surface area (Å²) >= 11 is 6.64. The molecule has 0 saturated heterocycles. The van der Waals surface area contributed by atoms with E-state index < -0.39 is 0 Å². The largest absolute Gasteiger partial charge is 0.493 e. The van der Waals surface area contributed by atoms with Gasteiger partial charge in [0, 0.05) is 28.6 Å². The van der Waals surface area contributed by atoms with Crippen molar-refractivity contribution >= 4 is 11.6 Å². The Hall–Kier alpha value is -0.930. The van der Waals surface area contributed by atoms with Gasteiger partial charge in [-0.2, -0.15) is 0 Å². The summed E-state index contributed by atoms with van der Waals surface area (Å²) in [5, 5.41) is 0.753. The smallest absolute Gasteiger partial charge is 0.164 e. The molecule has 0 aromatic heterocycles. The van der Waals surface area contributed by atoms with E-state index in [2.05, 4.69) is 13.8 Å². The zero-order valence-corrected chi connectivity index (χ0v) is 14.2. The van der Waals surface area contributed by atoms with Crippen molar-refractivity contribution in [1.29, 1.82) is 0 Å². The summed E-state index contributed by atoms with van der Waals surface area (Å²) in [6.07, 6.45) is 4.61. The van der Waals surface area contributed by atoms with Gasteiger partial charge in [-0.1, -0.05) is 38.3 Å². The summed E-state index contributed by atoms with van der Waals surface area (Å²) in [4.78, 5) is 0. The lowest BCUT2D eigenvalue weighted by Gasteiger charge is -2.34. The number of hydrogen-bond donors (Lipinski definition) is 1. The van der Waals surface area contributed by atoms with Crippen LogP contribution in [-0.2, 0) is 5.41 Å². The molecule has 21 heavy (non-hydrogen) atoms. The SMILES string of the molecule is COc1cc(Cl)c(C2(CN)CCCC2)c(C(C)C)c1OC. The number of benzene rings is 1. The lowest BCUT2D eigenvalue weighted by molar-refractivity contribution is 0.346. The summed E-state index contributed by atoms with van der Waals surface area (Å²) < 4.78 is 11.1. The van der Waals surface area contributed by atoms with Crippen molar-refractivity contribution in [2.45, 2.75) is 50.9 Å². The summed E-state index contributed by atoms with van der Waals surface area (Å²) in [7, 11) is 3.33. The molecule has 1 aliphatic carbocycles. The van der Waals surface area contributed by atoms with Gasteiger partial charge < -0.3 is 15.2 Å². The lowest BCUT2D eigenvalue weighted by Crippen LogP contribution is -2.34. The average molecular weight is 312 g/mol. The molecule has 0 aliphatic heterocycles. The van der Waals surface area contributed by atoms with E-state index in [9.17, 15) is 0 Å². The zero-order chi connectivity index (χ0) is 15.6. The maximum Gasteiger partial charge on any atom is 0.164 e. The van der Waals surface area contributed by atoms with Crippen molar-refractivity contribution in [2.24, 2.45) is 5.73 Å². The molecule has 1 aromatic rings. The Bertz CT molecular complexity index is 508. The standard InChI is InChI=1S/C17H26ClNO2/c1-11(2)14-15(17(10-19)7-5-6-8-17)12(18)9-13(20-3)16(14)21-4/h9,11H,5-8,10,19H2,1-4H3. The third-order valence-electron chi connectivity index (χ3n) is 4.72. The highest BCUT2D eigenvalue weighted by atomic mass is 35.5. The Kier molecular flexibility index (Phi) is 5.05. The van der Waals surface area contributed by atoms with Crippen molar-refractivity contribution in [3.8, 4) is 11.5 Å². The second-order valence-corrected chi connectivity index (χ2v) is 6.64. The van der Waals surface area contributed by atoms with Gasteiger partial charge in [-0.25, -0.2) is 0 Å². The number of hydrogen-bond acceptors (Lipinski definition) is 3. The van der Waals surface area contributed by atoms with Crippen LogP contribution >= 0.6 is 11.6 Å². The molecule has 1 saturated carbocycles. The van der Waals surface area contributed by atoms with E-state index in [1.807, 2.05) is 6.07 Å². The quantitative estimate of drug-likeness (QED) is 0.884. The van der Waals surface area contributed by atoms with Crippen molar-refractivity contribution in [2.75, 3.05) is 20.8 Å². The predicted octanol–water partition coefficient (Wildman–Crippen LogP) is 4.25. The number of nitrogens with two attached hydrogens (primary N) is 1. The number of ether oxygens (including phenoxy) is 2. The second kappa shape index (κ2) is 6.45. The van der Waals surface area contributed by atoms with Crippen LogP contribution in [0.4, 0.5) is 0 Å². The van der Waals surface area contributed by atoms with Crippen LogP contribution in [-0.4, -0.2) is 20.8 Å². The van der Waals surface area contributed by atoms with Gasteiger partial charge in [0.15, 0.2) is 11.5 Å². The molecule has 1 aliphatic rings. The fraction of sp³-hybridized carbons (Fsp3) is 0.647. The maximum absolute atomic E-state index is 6.64. The minimum Gasteiger partial charge on any atom is -0.493 e. The molecule has 1 fully saturated rings. The summed E-state index contributed by atoms with van der Waals surface area (Å²) in [6.45, 7) is 4.95. The Morgan fingerprint density at radius 2 is 1.86 bits per heavy atom. The van der Waals surface area contributed by atoms with Crippen molar-refractivity contribution in [1.82, 2.24) is 0 Å². The van der Waals surface area contributed by atoms with E-state index in [0.717, 1.165) is 29.2 Å². The normalized spacial score (nSPS) is 17.3. The molecule has 0 bridgehead atoms. The van der Waals surface area contributed by atoms with Crippen LogP contribution in [0, 0.1) is 0 Å². The third kappa shape index (κ3) is 2.74. The van der Waals surface area contributed by atoms with E-state index in [-0.39, 0.29) is 5.41 Å². The number of halogens is 1. The molecule has 0 heterocycles. The first kappa shape index (κ1) is 16.4. The van der Waals surface area contributed by atoms with Crippen molar-refractivity contribution in [3.05, 3.63) is 22.2 Å². The highest BCUT2D eigenvalue weighted by molar-refractivity contribution is 6.32. The lowest BCUT2D eigenvalue weighted by atomic mass is 9.74. The first-order valence-electron chi connectivity index (χ1n) is 7.65. The average Bonchev–Trinajstić information content (AvgIpc) is 2.95. The van der Waals surface area contributed by atoms with E-state index in [1.165, 1.54) is 18.4 Å². The highest BCUT2D eigenvalue weighted by Gasteiger charge is 2.39. The van der Waals surface area contributed by atoms with Crippen LogP contribution in [0.2, 0.25) is 5.02 Å². The maximum atomic E-state index is 6.64. The first-order valence-corrected chi connectivity index (χ1v) is 8.03. The first-order chi connectivity index (χ1) is 10.0. The van der Waals surface area contributed by atoms with Crippen LogP contribution in [0.3, 0.4) is 0 Å². The van der Waals surface area contributed by atoms with Crippen molar-refractivity contribution < 1.29 is 9.47 Å². The van der Waals surface area contributed by atoms with Gasteiger partial charge in [0.25, 0.3) is 0 Å². The molecular weight excluding hydrogens is 286 g/mol. The molecule has 0 amide bonds. The molecule has 0 radical (unpaired) electrons. The minimum atomic E-state index is -0.0176. The Labute approximate surface area is 132 Å². The molecule has 118 valence electrons. The monoisotopic (exact) mass is 311 g/mol. The van der Waals surface area contributed by atoms with Gasteiger partial charge in [0.1, 0.15) is 0 Å². The molecule has 2 N–H and O–H groups in total. The minimum absolute atomic E-state index is 0.0176. The Morgan fingerprint density at radius 1 is 1.24 bits per heavy atom. The molecular formula is C17H26ClNO2. The summed E-state index contributed by atoms with van der Waals surface area (Å²) in [6, 6.07) is 1.87. The van der Waals surface area contributed by atoms with Crippen LogP contribution in [0.1, 0.15) is 56.6 Å². The van der Waals surface area contributed by atoms with E-state index in [0.29, 0.717) is 18.2 Å². The Balaban J connectivity index is 2.75. The number of rotatable bonds is 5. The van der Waals surface area contributed by atoms with Gasteiger partial charge in [0.05, 0.1) is 14.2 Å². The third-order valence-corrected chi connectivity index (χ3v) is 5.02.